The first-order valence-electron chi connectivity index (χ1n) is 8.50. The Hall–Kier alpha value is -4.33. The molecule has 0 spiro atoms. The number of amides is 1. The number of hydrogen-bond donors (Lipinski definition) is 4. The lowest BCUT2D eigenvalue weighted by atomic mass is 9.77. The Kier molecular flexibility index (Phi) is 3.38. The molecule has 0 radical (unpaired) electrons. The molecule has 5 rings (SSSR count). The number of Topliss-reactive ketones (excluding diaryl/α,β-unsaturated/α-hetero) is 1. The summed E-state index contributed by atoms with van der Waals surface area (Å²) in [7, 11) is 0. The van der Waals surface area contributed by atoms with Crippen molar-refractivity contribution in [2.75, 3.05) is 12.1 Å². The second-order valence-electron chi connectivity index (χ2n) is 6.57. The van der Waals surface area contributed by atoms with Crippen molar-refractivity contribution < 1.29 is 19.1 Å². The van der Waals surface area contributed by atoms with E-state index in [0.29, 0.717) is 17.1 Å². The van der Waals surface area contributed by atoms with Crippen LogP contribution < -0.4 is 31.4 Å². The summed E-state index contributed by atoms with van der Waals surface area (Å²) in [5.74, 6) is -3.02. The molecule has 0 saturated heterocycles. The number of nitrogens with one attached hydrogen (secondary N) is 4. The van der Waals surface area contributed by atoms with Gasteiger partial charge in [-0.3, -0.25) is 24.4 Å². The topological polar surface area (TPSA) is 166 Å². The Morgan fingerprint density at radius 3 is 2.62 bits per heavy atom. The number of benzene rings is 1. The van der Waals surface area contributed by atoms with Crippen LogP contribution in [0.1, 0.15) is 17.0 Å². The summed E-state index contributed by atoms with van der Waals surface area (Å²) in [6.07, 6.45) is 0. The van der Waals surface area contributed by atoms with E-state index in [0.717, 1.165) is 0 Å². The molecule has 4 N–H and O–H groups in total. The van der Waals surface area contributed by atoms with E-state index in [-0.39, 0.29) is 29.6 Å². The Morgan fingerprint density at radius 2 is 1.83 bits per heavy atom. The molecule has 2 atom stereocenters. The second-order valence-corrected chi connectivity index (χ2v) is 6.57. The van der Waals surface area contributed by atoms with Gasteiger partial charge in [-0.05, 0) is 17.7 Å². The van der Waals surface area contributed by atoms with Crippen LogP contribution in [0.4, 0.5) is 5.82 Å². The van der Waals surface area contributed by atoms with E-state index >= 15 is 0 Å². The summed E-state index contributed by atoms with van der Waals surface area (Å²) in [4.78, 5) is 54.1. The highest BCUT2D eigenvalue weighted by atomic mass is 16.7. The number of ketones is 1. The fourth-order valence-electron chi connectivity index (χ4n) is 3.73. The normalized spacial score (nSPS) is 21.6. The SMILES string of the molecule is N#CC1C(=O)NC2=C(C1=O)C(c1ccc3c(c1)OCO3)c1c([nH]c(=O)[nH]c1=O)N2. The van der Waals surface area contributed by atoms with Crippen LogP contribution in [0, 0.1) is 17.2 Å². The number of nitrogens with zero attached hydrogens (tertiary/aromatic N) is 1. The Labute approximate surface area is 161 Å². The van der Waals surface area contributed by atoms with Crippen molar-refractivity contribution in [3.8, 4) is 17.6 Å². The van der Waals surface area contributed by atoms with Crippen LogP contribution in [0.2, 0.25) is 0 Å². The van der Waals surface area contributed by atoms with E-state index in [2.05, 4.69) is 20.6 Å². The van der Waals surface area contributed by atoms with E-state index in [1.54, 1.807) is 24.3 Å². The third kappa shape index (κ3) is 2.36. The minimum atomic E-state index is -1.55. The quantitative estimate of drug-likeness (QED) is 0.466. The average Bonchev–Trinajstić information content (AvgIpc) is 3.14. The number of anilines is 1. The van der Waals surface area contributed by atoms with Crippen LogP contribution in [-0.4, -0.2) is 28.5 Å². The van der Waals surface area contributed by atoms with Crippen molar-refractivity contribution in [2.45, 2.75) is 5.92 Å². The largest absolute Gasteiger partial charge is 0.454 e. The van der Waals surface area contributed by atoms with E-state index < -0.39 is 34.8 Å². The van der Waals surface area contributed by atoms with Gasteiger partial charge in [0.1, 0.15) is 11.6 Å². The molecule has 1 aromatic heterocycles. The van der Waals surface area contributed by atoms with Crippen molar-refractivity contribution in [3.63, 3.8) is 0 Å². The summed E-state index contributed by atoms with van der Waals surface area (Å²) in [6, 6.07) is 6.58. The summed E-state index contributed by atoms with van der Waals surface area (Å²) in [6.45, 7) is 0.0366. The highest BCUT2D eigenvalue weighted by molar-refractivity contribution is 6.16. The number of carbonyl (C=O) groups is 2. The minimum Gasteiger partial charge on any atom is -0.454 e. The molecule has 11 heteroatoms. The number of allylic oxidation sites excluding steroid dienone is 1. The van der Waals surface area contributed by atoms with Crippen LogP contribution in [0.5, 0.6) is 11.5 Å². The smallest absolute Gasteiger partial charge is 0.327 e. The molecule has 2 aromatic rings. The molecule has 144 valence electrons. The van der Waals surface area contributed by atoms with Gasteiger partial charge >= 0.3 is 5.69 Å². The molecular formula is C18H11N5O6. The molecule has 0 saturated carbocycles. The van der Waals surface area contributed by atoms with Crippen molar-refractivity contribution in [1.82, 2.24) is 15.3 Å². The first-order chi connectivity index (χ1) is 14.0. The Bertz CT molecular complexity index is 1300. The second kappa shape index (κ2) is 5.83. The molecule has 11 nitrogen and oxygen atoms in total. The monoisotopic (exact) mass is 393 g/mol. The number of hydrogen-bond acceptors (Lipinski definition) is 8. The molecule has 0 aliphatic carbocycles. The zero-order valence-corrected chi connectivity index (χ0v) is 14.5. The van der Waals surface area contributed by atoms with Gasteiger partial charge in [-0.1, -0.05) is 6.07 Å². The lowest BCUT2D eigenvalue weighted by Crippen LogP contribution is -2.48. The van der Waals surface area contributed by atoms with Crippen LogP contribution in [-0.2, 0) is 9.59 Å². The molecule has 4 heterocycles. The minimum absolute atomic E-state index is 0.0166. The predicted octanol–water partition coefficient (Wildman–Crippen LogP) is -0.600. The molecule has 3 aliphatic heterocycles. The van der Waals surface area contributed by atoms with Crippen molar-refractivity contribution in [3.05, 3.63) is 61.6 Å². The van der Waals surface area contributed by atoms with Crippen molar-refractivity contribution in [2.24, 2.45) is 5.92 Å². The maximum atomic E-state index is 13.0. The van der Waals surface area contributed by atoms with Gasteiger partial charge in [0.2, 0.25) is 6.79 Å². The van der Waals surface area contributed by atoms with E-state index in [9.17, 15) is 24.4 Å². The lowest BCUT2D eigenvalue weighted by Gasteiger charge is -2.33. The summed E-state index contributed by atoms with van der Waals surface area (Å²) in [5.41, 5.74) is -0.853. The fourth-order valence-corrected chi connectivity index (χ4v) is 3.73. The van der Waals surface area contributed by atoms with Gasteiger partial charge in [-0.15, -0.1) is 0 Å². The number of H-pyrrole nitrogens is 2. The summed E-state index contributed by atoms with van der Waals surface area (Å²) in [5, 5.41) is 14.5. The fraction of sp³-hybridized carbons (Fsp3) is 0.167. The van der Waals surface area contributed by atoms with Gasteiger partial charge in [0.05, 0.1) is 23.1 Å². The maximum Gasteiger partial charge on any atom is 0.327 e. The zero-order chi connectivity index (χ0) is 20.3. The first kappa shape index (κ1) is 16.8. The van der Waals surface area contributed by atoms with Gasteiger partial charge in [-0.2, -0.15) is 5.26 Å². The van der Waals surface area contributed by atoms with Crippen molar-refractivity contribution in [1.29, 1.82) is 5.26 Å². The van der Waals surface area contributed by atoms with Crippen LogP contribution >= 0.6 is 0 Å². The third-order valence-electron chi connectivity index (χ3n) is 4.97. The molecule has 29 heavy (non-hydrogen) atoms. The Morgan fingerprint density at radius 1 is 1.03 bits per heavy atom. The van der Waals surface area contributed by atoms with E-state index in [1.807, 2.05) is 0 Å². The number of fused-ring (bicyclic) bond motifs is 2. The number of carbonyl (C=O) groups excluding carboxylic acids is 2. The van der Waals surface area contributed by atoms with Gasteiger partial charge in [0.15, 0.2) is 23.2 Å². The van der Waals surface area contributed by atoms with Gasteiger partial charge in [0.25, 0.3) is 11.5 Å². The molecule has 0 bridgehead atoms. The van der Waals surface area contributed by atoms with Gasteiger partial charge in [-0.25, -0.2) is 4.79 Å². The molecule has 3 aliphatic rings. The molecule has 2 unspecified atom stereocenters. The lowest BCUT2D eigenvalue weighted by molar-refractivity contribution is -0.130. The standard InChI is InChI=1S/C18H11N5O6/c19-4-7-13(24)11-10(6-1-2-8-9(3-6)29-5-28-8)12-15(20-14(11)21-16(7)25)22-18(27)23-17(12)26/h1-3,7,10H,5H2,(H,21,25)(H3,20,22,23,26,27). The Balaban J connectivity index is 1.79. The highest BCUT2D eigenvalue weighted by Gasteiger charge is 2.45. The number of nitriles is 1. The number of ether oxygens (including phenoxy) is 2. The van der Waals surface area contributed by atoms with Gasteiger partial charge < -0.3 is 20.1 Å². The summed E-state index contributed by atoms with van der Waals surface area (Å²) < 4.78 is 10.7. The average molecular weight is 393 g/mol. The van der Waals surface area contributed by atoms with Crippen LogP contribution in [0.15, 0.2) is 39.2 Å². The molecule has 1 aromatic carbocycles. The molecule has 1 amide bonds. The van der Waals surface area contributed by atoms with E-state index in [1.165, 1.54) is 0 Å². The molecular weight excluding hydrogens is 382 g/mol. The maximum absolute atomic E-state index is 13.0. The van der Waals surface area contributed by atoms with Crippen LogP contribution in [0.25, 0.3) is 0 Å². The number of aromatic nitrogens is 2. The molecule has 0 fully saturated rings. The number of aromatic amines is 2. The predicted molar refractivity (Wildman–Crippen MR) is 95.0 cm³/mol. The first-order valence-corrected chi connectivity index (χ1v) is 8.50. The number of rotatable bonds is 1. The third-order valence-corrected chi connectivity index (χ3v) is 4.97. The van der Waals surface area contributed by atoms with Crippen molar-refractivity contribution >= 4 is 17.5 Å². The summed E-state index contributed by atoms with van der Waals surface area (Å²) >= 11 is 0. The highest BCUT2D eigenvalue weighted by Crippen LogP contribution is 2.43. The zero-order valence-electron chi connectivity index (χ0n) is 14.5. The van der Waals surface area contributed by atoms with Crippen LogP contribution in [0.3, 0.4) is 0 Å². The van der Waals surface area contributed by atoms with E-state index in [4.69, 9.17) is 9.47 Å². The van der Waals surface area contributed by atoms with Gasteiger partial charge in [0, 0.05) is 0 Å².